The predicted octanol–water partition coefficient (Wildman–Crippen LogP) is 2.02. The Kier molecular flexibility index (Phi) is 4.83. The minimum absolute atomic E-state index is 0.0430. The van der Waals surface area contributed by atoms with Crippen molar-refractivity contribution in [3.8, 4) is 11.5 Å². The van der Waals surface area contributed by atoms with Gasteiger partial charge in [-0.3, -0.25) is 9.79 Å². The van der Waals surface area contributed by atoms with Crippen molar-refractivity contribution in [2.45, 2.75) is 25.8 Å². The molecular weight excluding hydrogens is 342 g/mol. The minimum atomic E-state index is 0.0430. The molecule has 2 saturated heterocycles. The Labute approximate surface area is 158 Å². The molecule has 0 aliphatic carbocycles. The van der Waals surface area contributed by atoms with Crippen LogP contribution >= 0.6 is 0 Å². The zero-order chi connectivity index (χ0) is 18.7. The fourth-order valence-electron chi connectivity index (χ4n) is 4.03. The lowest BCUT2D eigenvalue weighted by molar-refractivity contribution is -0.119. The van der Waals surface area contributed by atoms with Gasteiger partial charge in [-0.2, -0.15) is 0 Å². The summed E-state index contributed by atoms with van der Waals surface area (Å²) >= 11 is 0. The van der Waals surface area contributed by atoms with Crippen molar-refractivity contribution in [3.05, 3.63) is 42.3 Å². The van der Waals surface area contributed by atoms with Gasteiger partial charge in [0.25, 0.3) is 0 Å². The zero-order valence-electron chi connectivity index (χ0n) is 15.6. The van der Waals surface area contributed by atoms with Gasteiger partial charge in [0.05, 0.1) is 12.2 Å². The average Bonchev–Trinajstić information content (AvgIpc) is 3.30. The van der Waals surface area contributed by atoms with Crippen LogP contribution in [0.5, 0.6) is 0 Å². The molecule has 1 amide bonds. The Balaban J connectivity index is 1.38. The first kappa shape index (κ1) is 17.6. The molecule has 4 rings (SSSR count). The first-order valence-electron chi connectivity index (χ1n) is 9.40. The van der Waals surface area contributed by atoms with Crippen LogP contribution in [-0.2, 0) is 11.3 Å². The number of aliphatic imine (C=N–C) groups is 1. The molecule has 2 N–H and O–H groups in total. The molecule has 2 aromatic rings. The number of benzene rings is 1. The smallest absolute Gasteiger partial charge is 0.226 e. The highest BCUT2D eigenvalue weighted by atomic mass is 16.3. The van der Waals surface area contributed by atoms with Crippen LogP contribution in [-0.4, -0.2) is 48.4 Å². The topological polar surface area (TPSA) is 82.8 Å². The van der Waals surface area contributed by atoms with Crippen molar-refractivity contribution in [1.29, 1.82) is 0 Å². The van der Waals surface area contributed by atoms with Crippen molar-refractivity contribution in [3.63, 3.8) is 0 Å². The number of oxazole rings is 1. The number of carbonyl (C=O) groups excluding carboxylic acids is 1. The summed E-state index contributed by atoms with van der Waals surface area (Å²) in [7, 11) is 1.79. The summed E-state index contributed by atoms with van der Waals surface area (Å²) < 4.78 is 5.60. The number of likely N-dealkylation sites (tertiary alicyclic amines) is 1. The number of amides is 1. The fraction of sp³-hybridized carbons (Fsp3) is 0.450. The van der Waals surface area contributed by atoms with Crippen LogP contribution in [0.4, 0.5) is 0 Å². The molecule has 3 heterocycles. The van der Waals surface area contributed by atoms with Gasteiger partial charge in [-0.25, -0.2) is 4.98 Å². The Morgan fingerprint density at radius 2 is 2.26 bits per heavy atom. The molecule has 142 valence electrons. The van der Waals surface area contributed by atoms with E-state index < -0.39 is 0 Å². The highest BCUT2D eigenvalue weighted by Gasteiger charge is 2.42. The molecule has 1 atom stereocenters. The molecule has 7 heteroatoms. The van der Waals surface area contributed by atoms with Gasteiger partial charge in [-0.1, -0.05) is 18.2 Å². The van der Waals surface area contributed by atoms with Gasteiger partial charge < -0.3 is 20.0 Å². The van der Waals surface area contributed by atoms with Gasteiger partial charge in [-0.15, -0.1) is 0 Å². The highest BCUT2D eigenvalue weighted by Crippen LogP contribution is 2.36. The summed E-state index contributed by atoms with van der Waals surface area (Å²) in [5.74, 6) is 1.63. The number of aromatic nitrogens is 1. The Bertz CT molecular complexity index is 832. The van der Waals surface area contributed by atoms with Gasteiger partial charge in [0.1, 0.15) is 6.26 Å². The second-order valence-corrected chi connectivity index (χ2v) is 7.39. The van der Waals surface area contributed by atoms with Crippen LogP contribution in [0.2, 0.25) is 0 Å². The van der Waals surface area contributed by atoms with Gasteiger partial charge in [0, 0.05) is 44.1 Å². The monoisotopic (exact) mass is 367 g/mol. The molecule has 2 fully saturated rings. The van der Waals surface area contributed by atoms with E-state index in [4.69, 9.17) is 4.42 Å². The molecular formula is C20H25N5O2. The maximum Gasteiger partial charge on any atom is 0.226 e. The molecule has 7 nitrogen and oxygen atoms in total. The molecule has 1 aromatic carbocycles. The Morgan fingerprint density at radius 1 is 1.41 bits per heavy atom. The lowest BCUT2D eigenvalue weighted by Crippen LogP contribution is -2.51. The molecule has 1 aromatic heterocycles. The maximum absolute atomic E-state index is 11.7. The predicted molar refractivity (Wildman–Crippen MR) is 103 cm³/mol. The third kappa shape index (κ3) is 3.82. The summed E-state index contributed by atoms with van der Waals surface area (Å²) in [6, 6.07) is 9.86. The van der Waals surface area contributed by atoms with Crippen molar-refractivity contribution in [1.82, 2.24) is 20.5 Å². The lowest BCUT2D eigenvalue weighted by atomic mass is 9.79. The minimum Gasteiger partial charge on any atom is -0.444 e. The van der Waals surface area contributed by atoms with E-state index in [9.17, 15) is 4.79 Å². The molecule has 1 unspecified atom stereocenters. The van der Waals surface area contributed by atoms with Crippen LogP contribution in [0.1, 0.15) is 25.0 Å². The van der Waals surface area contributed by atoms with E-state index in [1.165, 1.54) is 0 Å². The van der Waals surface area contributed by atoms with Gasteiger partial charge in [0.2, 0.25) is 11.8 Å². The van der Waals surface area contributed by atoms with Crippen molar-refractivity contribution < 1.29 is 9.21 Å². The normalized spacial score (nSPS) is 22.9. The quantitative estimate of drug-likeness (QED) is 0.641. The van der Waals surface area contributed by atoms with Crippen molar-refractivity contribution in [2.75, 3.05) is 26.7 Å². The average molecular weight is 367 g/mol. The molecule has 0 saturated carbocycles. The summed E-state index contributed by atoms with van der Waals surface area (Å²) in [6.07, 6.45) is 4.45. The van der Waals surface area contributed by atoms with E-state index in [1.54, 1.807) is 13.3 Å². The van der Waals surface area contributed by atoms with E-state index in [0.717, 1.165) is 49.7 Å². The third-order valence-electron chi connectivity index (χ3n) is 5.37. The van der Waals surface area contributed by atoms with E-state index in [0.29, 0.717) is 18.9 Å². The van der Waals surface area contributed by atoms with E-state index in [-0.39, 0.29) is 11.3 Å². The first-order chi connectivity index (χ1) is 13.2. The number of nitrogens with zero attached hydrogens (tertiary/aromatic N) is 3. The number of guanidine groups is 1. The largest absolute Gasteiger partial charge is 0.444 e. The summed E-state index contributed by atoms with van der Waals surface area (Å²) in [6.45, 7) is 3.11. The van der Waals surface area contributed by atoms with Crippen LogP contribution < -0.4 is 10.6 Å². The van der Waals surface area contributed by atoms with Gasteiger partial charge in [-0.05, 0) is 25.0 Å². The van der Waals surface area contributed by atoms with Crippen LogP contribution in [0.25, 0.3) is 11.5 Å². The van der Waals surface area contributed by atoms with Crippen molar-refractivity contribution in [2.24, 2.45) is 10.4 Å². The van der Waals surface area contributed by atoms with E-state index in [2.05, 4.69) is 25.5 Å². The molecule has 0 bridgehead atoms. The van der Waals surface area contributed by atoms with Gasteiger partial charge in [0.15, 0.2) is 5.96 Å². The number of rotatable bonds is 3. The molecule has 0 radical (unpaired) electrons. The highest BCUT2D eigenvalue weighted by molar-refractivity contribution is 5.81. The summed E-state index contributed by atoms with van der Waals surface area (Å²) in [5, 5.41) is 6.37. The maximum atomic E-state index is 11.7. The number of hydrogen-bond donors (Lipinski definition) is 2. The number of hydrogen-bond acceptors (Lipinski definition) is 4. The molecule has 2 aliphatic rings. The summed E-state index contributed by atoms with van der Waals surface area (Å²) in [5.41, 5.74) is 1.84. The number of nitrogens with one attached hydrogen (secondary N) is 2. The van der Waals surface area contributed by atoms with Crippen LogP contribution in [0.3, 0.4) is 0 Å². The molecule has 2 aliphatic heterocycles. The third-order valence-corrected chi connectivity index (χ3v) is 5.37. The fourth-order valence-corrected chi connectivity index (χ4v) is 4.03. The number of piperidine rings is 1. The second kappa shape index (κ2) is 7.42. The SMILES string of the molecule is CN=C(NCc1coc(-c2ccccc2)n1)N1CCCC2(CNC(=O)C2)C1. The standard InChI is InChI=1S/C20H25N5O2/c1-21-19(25-9-5-8-20(14-25)10-17(26)23-13-20)22-11-16-12-27-18(24-16)15-6-3-2-4-7-15/h2-4,6-7,12H,5,8-11,13-14H2,1H3,(H,21,22)(H,23,26). The van der Waals surface area contributed by atoms with Gasteiger partial charge >= 0.3 is 0 Å². The zero-order valence-corrected chi connectivity index (χ0v) is 15.6. The van der Waals surface area contributed by atoms with E-state index in [1.807, 2.05) is 30.3 Å². The van der Waals surface area contributed by atoms with E-state index >= 15 is 0 Å². The van der Waals surface area contributed by atoms with Crippen LogP contribution in [0, 0.1) is 5.41 Å². The van der Waals surface area contributed by atoms with Crippen molar-refractivity contribution >= 4 is 11.9 Å². The Morgan fingerprint density at radius 3 is 3.00 bits per heavy atom. The summed E-state index contributed by atoms with van der Waals surface area (Å²) in [4.78, 5) is 22.9. The van der Waals surface area contributed by atoms with Crippen LogP contribution in [0.15, 0.2) is 46.0 Å². The molecule has 1 spiro atoms. The second-order valence-electron chi connectivity index (χ2n) is 7.39. The Hall–Kier alpha value is -2.83. The number of carbonyl (C=O) groups is 1. The lowest BCUT2D eigenvalue weighted by Gasteiger charge is -2.40. The molecule has 27 heavy (non-hydrogen) atoms. The first-order valence-corrected chi connectivity index (χ1v) is 9.40.